The Hall–Kier alpha value is -2.12. The van der Waals surface area contributed by atoms with Gasteiger partial charge in [0, 0.05) is 0 Å². The predicted octanol–water partition coefficient (Wildman–Crippen LogP) is 1.66. The number of nitrogens with one attached hydrogen (secondary N) is 2. The maximum absolute atomic E-state index is 11.3. The molecule has 0 heterocycles. The standard InChI is InChI=1S/C14H24N2O6/c15-11-19-7-1-3-9-21-13(17)5-6-14(18)22-10-4-2-8-20-12-16/h11-12,15-16H,1-10H2. The normalized spacial score (nSPS) is 9.64. The molecule has 0 saturated carbocycles. The van der Waals surface area contributed by atoms with Gasteiger partial charge < -0.3 is 18.9 Å². The molecule has 126 valence electrons. The van der Waals surface area contributed by atoms with Crippen LogP contribution in [-0.2, 0) is 28.5 Å². The van der Waals surface area contributed by atoms with Crippen molar-refractivity contribution in [2.24, 2.45) is 0 Å². The Morgan fingerprint density at radius 3 is 1.41 bits per heavy atom. The fourth-order valence-electron chi connectivity index (χ4n) is 1.41. The molecule has 8 heteroatoms. The van der Waals surface area contributed by atoms with E-state index in [9.17, 15) is 9.59 Å². The Morgan fingerprint density at radius 1 is 0.682 bits per heavy atom. The zero-order valence-electron chi connectivity index (χ0n) is 12.7. The predicted molar refractivity (Wildman–Crippen MR) is 79.1 cm³/mol. The lowest BCUT2D eigenvalue weighted by Gasteiger charge is -2.06. The number of hydrogen-bond acceptors (Lipinski definition) is 8. The molecule has 0 aromatic rings. The van der Waals surface area contributed by atoms with E-state index in [1.807, 2.05) is 0 Å². The van der Waals surface area contributed by atoms with E-state index in [-0.39, 0.29) is 26.1 Å². The average Bonchev–Trinajstić information content (AvgIpc) is 2.52. The van der Waals surface area contributed by atoms with Crippen molar-refractivity contribution in [3.05, 3.63) is 0 Å². The third kappa shape index (κ3) is 14.3. The molecule has 0 radical (unpaired) electrons. The van der Waals surface area contributed by atoms with Crippen molar-refractivity contribution in [1.29, 1.82) is 10.8 Å². The molecule has 0 unspecified atom stereocenters. The first-order chi connectivity index (χ1) is 10.7. The zero-order valence-corrected chi connectivity index (χ0v) is 12.7. The molecule has 0 spiro atoms. The van der Waals surface area contributed by atoms with E-state index in [1.165, 1.54) is 0 Å². The molecule has 0 aromatic heterocycles. The van der Waals surface area contributed by atoms with Crippen LogP contribution in [0.25, 0.3) is 0 Å². The van der Waals surface area contributed by atoms with Crippen molar-refractivity contribution in [2.45, 2.75) is 38.5 Å². The molecule has 0 rings (SSSR count). The van der Waals surface area contributed by atoms with Crippen LogP contribution < -0.4 is 0 Å². The average molecular weight is 316 g/mol. The molecule has 0 bridgehead atoms. The van der Waals surface area contributed by atoms with Gasteiger partial charge in [0.25, 0.3) is 0 Å². The molecule has 0 aromatic carbocycles. The van der Waals surface area contributed by atoms with Gasteiger partial charge in [-0.15, -0.1) is 0 Å². The van der Waals surface area contributed by atoms with E-state index in [4.69, 9.17) is 29.8 Å². The number of hydrogen-bond donors (Lipinski definition) is 2. The van der Waals surface area contributed by atoms with Crippen LogP contribution in [0.5, 0.6) is 0 Å². The Bertz CT molecular complexity index is 303. The van der Waals surface area contributed by atoms with Crippen LogP contribution in [-0.4, -0.2) is 51.2 Å². The minimum absolute atomic E-state index is 0.00669. The minimum atomic E-state index is -0.427. The van der Waals surface area contributed by atoms with E-state index in [0.29, 0.717) is 38.9 Å². The molecule has 22 heavy (non-hydrogen) atoms. The third-order valence-corrected chi connectivity index (χ3v) is 2.54. The summed E-state index contributed by atoms with van der Waals surface area (Å²) in [6, 6.07) is 0. The van der Waals surface area contributed by atoms with Crippen LogP contribution in [0.4, 0.5) is 0 Å². The first kappa shape index (κ1) is 19.9. The van der Waals surface area contributed by atoms with Gasteiger partial charge in [0.05, 0.1) is 39.3 Å². The molecular formula is C14H24N2O6. The van der Waals surface area contributed by atoms with Gasteiger partial charge >= 0.3 is 11.9 Å². The van der Waals surface area contributed by atoms with Crippen LogP contribution >= 0.6 is 0 Å². The van der Waals surface area contributed by atoms with Crippen LogP contribution in [0, 0.1) is 10.8 Å². The summed E-state index contributed by atoms with van der Waals surface area (Å²) in [5.74, 6) is -0.853. The fraction of sp³-hybridized carbons (Fsp3) is 0.714. The smallest absolute Gasteiger partial charge is 0.306 e. The number of unbranched alkanes of at least 4 members (excludes halogenated alkanes) is 2. The van der Waals surface area contributed by atoms with Crippen molar-refractivity contribution in [2.75, 3.05) is 26.4 Å². The van der Waals surface area contributed by atoms with Crippen molar-refractivity contribution in [3.8, 4) is 0 Å². The summed E-state index contributed by atoms with van der Waals surface area (Å²) in [5, 5.41) is 13.3. The van der Waals surface area contributed by atoms with Gasteiger partial charge in [-0.25, -0.2) is 0 Å². The van der Waals surface area contributed by atoms with Crippen molar-refractivity contribution in [1.82, 2.24) is 0 Å². The third-order valence-electron chi connectivity index (χ3n) is 2.54. The van der Waals surface area contributed by atoms with Crippen molar-refractivity contribution < 1.29 is 28.5 Å². The lowest BCUT2D eigenvalue weighted by molar-refractivity contribution is -0.150. The lowest BCUT2D eigenvalue weighted by atomic mass is 10.3. The summed E-state index contributed by atoms with van der Waals surface area (Å²) in [4.78, 5) is 22.7. The first-order valence-electron chi connectivity index (χ1n) is 7.23. The van der Waals surface area contributed by atoms with E-state index in [0.717, 1.165) is 12.8 Å². The van der Waals surface area contributed by atoms with Crippen LogP contribution in [0.3, 0.4) is 0 Å². The SMILES string of the molecule is N=COCCCCOC(=O)CCC(=O)OCCCCOC=N. The van der Waals surface area contributed by atoms with Gasteiger partial charge in [-0.05, 0) is 25.7 Å². The minimum Gasteiger partial charge on any atom is -0.484 e. The number of esters is 2. The summed E-state index contributed by atoms with van der Waals surface area (Å²) in [6.45, 7) is 1.42. The highest BCUT2D eigenvalue weighted by Gasteiger charge is 2.08. The van der Waals surface area contributed by atoms with E-state index >= 15 is 0 Å². The summed E-state index contributed by atoms with van der Waals surface area (Å²) in [7, 11) is 0. The quantitative estimate of drug-likeness (QED) is 0.205. The summed E-state index contributed by atoms with van der Waals surface area (Å²) < 4.78 is 19.3. The largest absolute Gasteiger partial charge is 0.484 e. The zero-order chi connectivity index (χ0) is 16.5. The van der Waals surface area contributed by atoms with Gasteiger partial charge in [0.2, 0.25) is 0 Å². The van der Waals surface area contributed by atoms with E-state index in [1.54, 1.807) is 0 Å². The molecule has 0 fully saturated rings. The van der Waals surface area contributed by atoms with Gasteiger partial charge in [-0.2, -0.15) is 0 Å². The van der Waals surface area contributed by atoms with E-state index < -0.39 is 11.9 Å². The van der Waals surface area contributed by atoms with Crippen LogP contribution in [0.15, 0.2) is 0 Å². The lowest BCUT2D eigenvalue weighted by Crippen LogP contribution is -2.12. The molecule has 0 aliphatic carbocycles. The Labute approximate surface area is 130 Å². The maximum atomic E-state index is 11.3. The molecule has 0 atom stereocenters. The molecule has 8 nitrogen and oxygen atoms in total. The van der Waals surface area contributed by atoms with Gasteiger partial charge in [0.1, 0.15) is 0 Å². The molecular weight excluding hydrogens is 292 g/mol. The van der Waals surface area contributed by atoms with Crippen molar-refractivity contribution in [3.63, 3.8) is 0 Å². The second-order valence-corrected chi connectivity index (χ2v) is 4.33. The Morgan fingerprint density at radius 2 is 1.05 bits per heavy atom. The highest BCUT2D eigenvalue weighted by atomic mass is 16.5. The molecule has 0 aliphatic heterocycles. The highest BCUT2D eigenvalue weighted by Crippen LogP contribution is 1.99. The number of carbonyl (C=O) groups is 2. The van der Waals surface area contributed by atoms with Gasteiger partial charge in [-0.3, -0.25) is 20.4 Å². The number of ether oxygens (including phenoxy) is 4. The fourth-order valence-corrected chi connectivity index (χ4v) is 1.41. The number of rotatable bonds is 15. The molecule has 0 amide bonds. The maximum Gasteiger partial charge on any atom is 0.306 e. The van der Waals surface area contributed by atoms with Gasteiger partial charge in [-0.1, -0.05) is 0 Å². The van der Waals surface area contributed by atoms with Crippen LogP contribution in [0.2, 0.25) is 0 Å². The topological polar surface area (TPSA) is 119 Å². The van der Waals surface area contributed by atoms with E-state index in [2.05, 4.69) is 0 Å². The number of carbonyl (C=O) groups excluding carboxylic acids is 2. The monoisotopic (exact) mass is 316 g/mol. The highest BCUT2D eigenvalue weighted by molar-refractivity contribution is 5.77. The molecule has 2 N–H and O–H groups in total. The summed E-state index contributed by atoms with van der Waals surface area (Å²) in [5.41, 5.74) is 0. The second kappa shape index (κ2) is 15.3. The first-order valence-corrected chi connectivity index (χ1v) is 7.23. The summed E-state index contributed by atoms with van der Waals surface area (Å²) in [6.07, 6.45) is 4.47. The Balaban J connectivity index is 3.39. The van der Waals surface area contributed by atoms with Crippen molar-refractivity contribution >= 4 is 24.7 Å². The van der Waals surface area contributed by atoms with Crippen LogP contribution in [0.1, 0.15) is 38.5 Å². The second-order valence-electron chi connectivity index (χ2n) is 4.33. The summed E-state index contributed by atoms with van der Waals surface area (Å²) >= 11 is 0. The van der Waals surface area contributed by atoms with Gasteiger partial charge in [0.15, 0.2) is 12.8 Å². The molecule has 0 saturated heterocycles. The Kier molecular flexibility index (Phi) is 13.8. The molecule has 0 aliphatic rings.